The fourth-order valence-corrected chi connectivity index (χ4v) is 1.98. The highest BCUT2D eigenvalue weighted by Gasteiger charge is 2.19. The van der Waals surface area contributed by atoms with Gasteiger partial charge in [-0.05, 0) is 18.6 Å². The number of carbonyl (C=O) groups is 1. The minimum atomic E-state index is -1.16. The molecule has 2 aromatic rings. The van der Waals surface area contributed by atoms with Crippen LogP contribution in [0.5, 0.6) is 0 Å². The molecule has 21 heavy (non-hydrogen) atoms. The van der Waals surface area contributed by atoms with E-state index in [1.54, 1.807) is 12.3 Å². The number of pyridine rings is 1. The number of methoxy groups -OCH3 is 1. The molecule has 0 radical (unpaired) electrons. The quantitative estimate of drug-likeness (QED) is 0.692. The van der Waals surface area contributed by atoms with E-state index in [1.165, 1.54) is 7.11 Å². The summed E-state index contributed by atoms with van der Waals surface area (Å²) in [7, 11) is 1.24. The predicted molar refractivity (Wildman–Crippen MR) is 80.5 cm³/mol. The standard InChI is InChI=1S/C17H17NO3/c1-11-5-4-6-13(9-11)14-7-8-15(18-10-14)16(19)12(2)17(20)21-3/h4-10,16,19H,2H2,1,3H3. The van der Waals surface area contributed by atoms with Crippen LogP contribution >= 0.6 is 0 Å². The molecular weight excluding hydrogens is 266 g/mol. The second kappa shape index (κ2) is 6.33. The number of nitrogens with zero attached hydrogens (tertiary/aromatic N) is 1. The third-order valence-corrected chi connectivity index (χ3v) is 3.20. The number of carbonyl (C=O) groups excluding carboxylic acids is 1. The topological polar surface area (TPSA) is 59.4 Å². The van der Waals surface area contributed by atoms with Crippen LogP contribution in [0.2, 0.25) is 0 Å². The van der Waals surface area contributed by atoms with Crippen molar-refractivity contribution < 1.29 is 14.6 Å². The van der Waals surface area contributed by atoms with Gasteiger partial charge in [-0.3, -0.25) is 4.98 Å². The lowest BCUT2D eigenvalue weighted by Crippen LogP contribution is -2.13. The highest BCUT2D eigenvalue weighted by atomic mass is 16.5. The van der Waals surface area contributed by atoms with Crippen LogP contribution in [-0.4, -0.2) is 23.2 Å². The smallest absolute Gasteiger partial charge is 0.336 e. The number of aromatic nitrogens is 1. The van der Waals surface area contributed by atoms with E-state index >= 15 is 0 Å². The second-order valence-corrected chi connectivity index (χ2v) is 4.76. The number of esters is 1. The zero-order valence-corrected chi connectivity index (χ0v) is 12.0. The Kier molecular flexibility index (Phi) is 4.50. The lowest BCUT2D eigenvalue weighted by molar-refractivity contribution is -0.137. The van der Waals surface area contributed by atoms with Crippen LogP contribution in [-0.2, 0) is 9.53 Å². The van der Waals surface area contributed by atoms with Crippen LogP contribution in [0.1, 0.15) is 17.4 Å². The molecule has 0 aliphatic rings. The van der Waals surface area contributed by atoms with Gasteiger partial charge in [0.2, 0.25) is 0 Å². The first kappa shape index (κ1) is 14.9. The summed E-state index contributed by atoms with van der Waals surface area (Å²) >= 11 is 0. The fourth-order valence-electron chi connectivity index (χ4n) is 1.98. The zero-order valence-electron chi connectivity index (χ0n) is 12.0. The number of hydrogen-bond donors (Lipinski definition) is 1. The average molecular weight is 283 g/mol. The van der Waals surface area contributed by atoms with E-state index in [4.69, 9.17) is 0 Å². The Hall–Kier alpha value is -2.46. The first-order valence-corrected chi connectivity index (χ1v) is 6.51. The minimum Gasteiger partial charge on any atom is -0.466 e. The van der Waals surface area contributed by atoms with Crippen molar-refractivity contribution in [1.29, 1.82) is 0 Å². The van der Waals surface area contributed by atoms with Gasteiger partial charge in [0.15, 0.2) is 0 Å². The van der Waals surface area contributed by atoms with Crippen molar-refractivity contribution in [2.45, 2.75) is 13.0 Å². The summed E-state index contributed by atoms with van der Waals surface area (Å²) in [5, 5.41) is 10.0. The molecular formula is C17H17NO3. The average Bonchev–Trinajstić information content (AvgIpc) is 2.53. The van der Waals surface area contributed by atoms with E-state index < -0.39 is 12.1 Å². The monoisotopic (exact) mass is 283 g/mol. The van der Waals surface area contributed by atoms with Gasteiger partial charge in [-0.1, -0.05) is 42.5 Å². The maximum absolute atomic E-state index is 11.3. The molecule has 0 aliphatic carbocycles. The van der Waals surface area contributed by atoms with Crippen LogP contribution < -0.4 is 0 Å². The van der Waals surface area contributed by atoms with Crippen molar-refractivity contribution in [1.82, 2.24) is 4.98 Å². The molecule has 4 nitrogen and oxygen atoms in total. The van der Waals surface area contributed by atoms with Gasteiger partial charge in [0.1, 0.15) is 6.10 Å². The first-order valence-electron chi connectivity index (χ1n) is 6.51. The Balaban J connectivity index is 2.23. The van der Waals surface area contributed by atoms with Gasteiger partial charge >= 0.3 is 5.97 Å². The molecule has 1 unspecified atom stereocenters. The third-order valence-electron chi connectivity index (χ3n) is 3.20. The molecule has 0 saturated carbocycles. The van der Waals surface area contributed by atoms with E-state index in [0.29, 0.717) is 5.69 Å². The summed E-state index contributed by atoms with van der Waals surface area (Å²) in [4.78, 5) is 15.5. The number of ether oxygens (including phenoxy) is 1. The molecule has 0 bridgehead atoms. The predicted octanol–water partition coefficient (Wildman–Crippen LogP) is 2.82. The van der Waals surface area contributed by atoms with Gasteiger partial charge in [0, 0.05) is 11.8 Å². The molecule has 1 aromatic heterocycles. The van der Waals surface area contributed by atoms with Crippen LogP contribution in [0, 0.1) is 6.92 Å². The lowest BCUT2D eigenvalue weighted by Gasteiger charge is -2.12. The Labute approximate surface area is 123 Å². The van der Waals surface area contributed by atoms with Gasteiger partial charge in [0.05, 0.1) is 18.4 Å². The minimum absolute atomic E-state index is 0.0340. The number of aliphatic hydroxyl groups excluding tert-OH is 1. The number of aliphatic hydroxyl groups is 1. The second-order valence-electron chi connectivity index (χ2n) is 4.76. The van der Waals surface area contributed by atoms with Crippen LogP contribution in [0.4, 0.5) is 0 Å². The summed E-state index contributed by atoms with van der Waals surface area (Å²) in [6.45, 7) is 5.55. The van der Waals surface area contributed by atoms with Gasteiger partial charge in [-0.25, -0.2) is 4.79 Å². The highest BCUT2D eigenvalue weighted by molar-refractivity contribution is 5.88. The van der Waals surface area contributed by atoms with Gasteiger partial charge in [-0.15, -0.1) is 0 Å². The Bertz CT molecular complexity index is 662. The number of rotatable bonds is 4. The molecule has 0 saturated heterocycles. The highest BCUT2D eigenvalue weighted by Crippen LogP contribution is 2.23. The van der Waals surface area contributed by atoms with Gasteiger partial charge in [0.25, 0.3) is 0 Å². The Morgan fingerprint density at radius 3 is 2.62 bits per heavy atom. The van der Waals surface area contributed by atoms with Crippen molar-refractivity contribution in [3.8, 4) is 11.1 Å². The molecule has 0 aliphatic heterocycles. The largest absolute Gasteiger partial charge is 0.466 e. The molecule has 2 rings (SSSR count). The van der Waals surface area contributed by atoms with E-state index in [1.807, 2.05) is 31.2 Å². The maximum Gasteiger partial charge on any atom is 0.336 e. The number of aryl methyl sites for hydroxylation is 1. The van der Waals surface area contributed by atoms with Crippen LogP contribution in [0.25, 0.3) is 11.1 Å². The van der Waals surface area contributed by atoms with Gasteiger partial charge < -0.3 is 9.84 Å². The van der Waals surface area contributed by atoms with E-state index in [-0.39, 0.29) is 5.57 Å². The van der Waals surface area contributed by atoms with Crippen molar-refractivity contribution in [3.05, 3.63) is 66.0 Å². The summed E-state index contributed by atoms with van der Waals surface area (Å²) in [5.41, 5.74) is 3.49. The molecule has 1 N–H and O–H groups in total. The number of hydrogen-bond acceptors (Lipinski definition) is 4. The fraction of sp³-hybridized carbons (Fsp3) is 0.176. The third kappa shape index (κ3) is 3.35. The first-order chi connectivity index (χ1) is 10.0. The molecule has 1 atom stereocenters. The molecule has 1 aromatic carbocycles. The number of benzene rings is 1. The van der Waals surface area contributed by atoms with Crippen molar-refractivity contribution in [3.63, 3.8) is 0 Å². The maximum atomic E-state index is 11.3. The van der Waals surface area contributed by atoms with Crippen LogP contribution in [0.3, 0.4) is 0 Å². The van der Waals surface area contributed by atoms with E-state index in [2.05, 4.69) is 22.4 Å². The van der Waals surface area contributed by atoms with Crippen LogP contribution in [0.15, 0.2) is 54.7 Å². The normalized spacial score (nSPS) is 11.8. The van der Waals surface area contributed by atoms with Crippen molar-refractivity contribution >= 4 is 5.97 Å². The Morgan fingerprint density at radius 2 is 2.05 bits per heavy atom. The summed E-state index contributed by atoms with van der Waals surface area (Å²) < 4.78 is 4.53. The zero-order chi connectivity index (χ0) is 15.4. The molecule has 0 fully saturated rings. The Morgan fingerprint density at radius 1 is 1.29 bits per heavy atom. The van der Waals surface area contributed by atoms with Crippen molar-refractivity contribution in [2.75, 3.05) is 7.11 Å². The van der Waals surface area contributed by atoms with E-state index in [0.717, 1.165) is 16.7 Å². The summed E-state index contributed by atoms with van der Waals surface area (Å²) in [6, 6.07) is 11.6. The van der Waals surface area contributed by atoms with Crippen molar-refractivity contribution in [2.24, 2.45) is 0 Å². The molecule has 0 amide bonds. The van der Waals surface area contributed by atoms with E-state index in [9.17, 15) is 9.90 Å². The molecule has 1 heterocycles. The lowest BCUT2D eigenvalue weighted by atomic mass is 10.0. The SMILES string of the molecule is C=C(C(=O)OC)C(O)c1ccc(-c2cccc(C)c2)cn1. The molecule has 4 heteroatoms. The molecule has 108 valence electrons. The molecule has 0 spiro atoms. The van der Waals surface area contributed by atoms with Gasteiger partial charge in [-0.2, -0.15) is 0 Å². The summed E-state index contributed by atoms with van der Waals surface area (Å²) in [6.07, 6.45) is 0.502. The summed E-state index contributed by atoms with van der Waals surface area (Å²) in [5.74, 6) is -0.646.